The Balaban J connectivity index is 1.60. The van der Waals surface area contributed by atoms with Crippen LogP contribution < -0.4 is 9.47 Å². The number of methoxy groups -OCH3 is 1. The summed E-state index contributed by atoms with van der Waals surface area (Å²) in [6, 6.07) is 13.7. The van der Waals surface area contributed by atoms with Gasteiger partial charge in [0, 0.05) is 12.1 Å². The molecule has 1 aliphatic heterocycles. The van der Waals surface area contributed by atoms with Crippen LogP contribution in [0.1, 0.15) is 28.8 Å². The zero-order valence-corrected chi connectivity index (χ0v) is 14.6. The lowest BCUT2D eigenvalue weighted by Crippen LogP contribution is -2.40. The van der Waals surface area contributed by atoms with Gasteiger partial charge in [-0.2, -0.15) is 0 Å². The smallest absolute Gasteiger partial charge is 0.326 e. The molecule has 3 rings (SSSR count). The standard InChI is InChI=1S/C20H21NO5/c1-25-16-8-10-17(11-9-16)26-13-14-4-6-15(7-5-14)19(22)21-12-2-3-18(21)20(23)24/h4-11,18H,2-3,12-13H2,1H3,(H,23,24). The molecule has 26 heavy (non-hydrogen) atoms. The first kappa shape index (κ1) is 17.8. The highest BCUT2D eigenvalue weighted by Gasteiger charge is 2.34. The summed E-state index contributed by atoms with van der Waals surface area (Å²) < 4.78 is 10.8. The van der Waals surface area contributed by atoms with Gasteiger partial charge in [-0.3, -0.25) is 4.79 Å². The van der Waals surface area contributed by atoms with Crippen LogP contribution in [0.5, 0.6) is 11.5 Å². The van der Waals surface area contributed by atoms with Gasteiger partial charge in [0.1, 0.15) is 24.1 Å². The Hall–Kier alpha value is -3.02. The fourth-order valence-electron chi connectivity index (χ4n) is 3.01. The molecule has 0 aromatic heterocycles. The number of carboxylic acid groups (broad SMARTS) is 1. The molecule has 2 aromatic carbocycles. The molecule has 1 heterocycles. The van der Waals surface area contributed by atoms with Crippen molar-refractivity contribution in [2.24, 2.45) is 0 Å². The molecule has 0 bridgehead atoms. The number of carboxylic acids is 1. The second-order valence-corrected chi connectivity index (χ2v) is 6.16. The van der Waals surface area contributed by atoms with E-state index in [1.165, 1.54) is 4.90 Å². The fraction of sp³-hybridized carbons (Fsp3) is 0.300. The van der Waals surface area contributed by atoms with Crippen molar-refractivity contribution in [2.75, 3.05) is 13.7 Å². The van der Waals surface area contributed by atoms with E-state index >= 15 is 0 Å². The molecule has 2 aromatic rings. The third-order valence-electron chi connectivity index (χ3n) is 4.46. The number of hydrogen-bond acceptors (Lipinski definition) is 4. The number of ether oxygens (including phenoxy) is 2. The zero-order chi connectivity index (χ0) is 18.5. The summed E-state index contributed by atoms with van der Waals surface area (Å²) in [6.45, 7) is 0.862. The maximum Gasteiger partial charge on any atom is 0.326 e. The van der Waals surface area contributed by atoms with E-state index < -0.39 is 12.0 Å². The third kappa shape index (κ3) is 3.96. The van der Waals surface area contributed by atoms with Gasteiger partial charge < -0.3 is 19.5 Å². The summed E-state index contributed by atoms with van der Waals surface area (Å²) in [4.78, 5) is 25.2. The molecule has 1 saturated heterocycles. The second-order valence-electron chi connectivity index (χ2n) is 6.16. The predicted molar refractivity (Wildman–Crippen MR) is 95.5 cm³/mol. The van der Waals surface area contributed by atoms with Crippen LogP contribution in [0.15, 0.2) is 48.5 Å². The van der Waals surface area contributed by atoms with Crippen molar-refractivity contribution in [3.63, 3.8) is 0 Å². The minimum atomic E-state index is -0.944. The second kappa shape index (κ2) is 7.91. The van der Waals surface area contributed by atoms with Gasteiger partial charge in [0.05, 0.1) is 7.11 Å². The highest BCUT2D eigenvalue weighted by atomic mass is 16.5. The summed E-state index contributed by atoms with van der Waals surface area (Å²) in [5.74, 6) is 0.312. The molecular formula is C20H21NO5. The average molecular weight is 355 g/mol. The summed E-state index contributed by atoms with van der Waals surface area (Å²) in [7, 11) is 1.61. The lowest BCUT2D eigenvalue weighted by molar-refractivity contribution is -0.141. The summed E-state index contributed by atoms with van der Waals surface area (Å²) >= 11 is 0. The Morgan fingerprint density at radius 1 is 1.08 bits per heavy atom. The molecule has 6 heteroatoms. The Kier molecular flexibility index (Phi) is 5.41. The topological polar surface area (TPSA) is 76.1 Å². The average Bonchev–Trinajstić information content (AvgIpc) is 3.17. The van der Waals surface area contributed by atoms with Crippen LogP contribution in [-0.2, 0) is 11.4 Å². The minimum Gasteiger partial charge on any atom is -0.497 e. The molecule has 0 spiro atoms. The van der Waals surface area contributed by atoms with Gasteiger partial charge in [-0.1, -0.05) is 12.1 Å². The van der Waals surface area contributed by atoms with Crippen molar-refractivity contribution in [3.05, 3.63) is 59.7 Å². The van der Waals surface area contributed by atoms with E-state index in [1.54, 1.807) is 19.2 Å². The largest absolute Gasteiger partial charge is 0.497 e. The van der Waals surface area contributed by atoms with Crippen LogP contribution in [0.25, 0.3) is 0 Å². The van der Waals surface area contributed by atoms with Crippen LogP contribution in [0.3, 0.4) is 0 Å². The number of hydrogen-bond donors (Lipinski definition) is 1. The number of carbonyl (C=O) groups excluding carboxylic acids is 1. The quantitative estimate of drug-likeness (QED) is 0.862. The lowest BCUT2D eigenvalue weighted by Gasteiger charge is -2.21. The number of nitrogens with zero attached hydrogens (tertiary/aromatic N) is 1. The molecule has 1 N–H and O–H groups in total. The maximum absolute atomic E-state index is 12.5. The van der Waals surface area contributed by atoms with E-state index in [0.717, 1.165) is 23.5 Å². The number of carbonyl (C=O) groups is 2. The summed E-state index contributed by atoms with van der Waals surface area (Å²) in [5, 5.41) is 9.22. The van der Waals surface area contributed by atoms with Crippen LogP contribution in [0.4, 0.5) is 0 Å². The Morgan fingerprint density at radius 2 is 1.73 bits per heavy atom. The molecule has 1 unspecified atom stereocenters. The molecule has 1 atom stereocenters. The van der Waals surface area contributed by atoms with Gasteiger partial charge in [0.2, 0.25) is 0 Å². The van der Waals surface area contributed by atoms with E-state index in [0.29, 0.717) is 25.1 Å². The molecule has 136 valence electrons. The number of likely N-dealkylation sites (tertiary alicyclic amines) is 1. The highest BCUT2D eigenvalue weighted by Crippen LogP contribution is 2.21. The zero-order valence-electron chi connectivity index (χ0n) is 14.6. The Bertz CT molecular complexity index is 770. The van der Waals surface area contributed by atoms with E-state index in [1.807, 2.05) is 36.4 Å². The molecule has 0 radical (unpaired) electrons. The van der Waals surface area contributed by atoms with Crippen LogP contribution in [0.2, 0.25) is 0 Å². The van der Waals surface area contributed by atoms with E-state index in [-0.39, 0.29) is 5.91 Å². The lowest BCUT2D eigenvalue weighted by atomic mass is 10.1. The van der Waals surface area contributed by atoms with Crippen LogP contribution in [-0.4, -0.2) is 41.6 Å². The van der Waals surface area contributed by atoms with Gasteiger partial charge in [-0.15, -0.1) is 0 Å². The maximum atomic E-state index is 12.5. The molecular weight excluding hydrogens is 334 g/mol. The van der Waals surface area contributed by atoms with E-state index in [9.17, 15) is 14.7 Å². The first-order valence-corrected chi connectivity index (χ1v) is 8.48. The summed E-state index contributed by atoms with van der Waals surface area (Å²) in [6.07, 6.45) is 1.23. The van der Waals surface area contributed by atoms with Crippen molar-refractivity contribution in [1.82, 2.24) is 4.90 Å². The van der Waals surface area contributed by atoms with Crippen molar-refractivity contribution in [1.29, 1.82) is 0 Å². The third-order valence-corrected chi connectivity index (χ3v) is 4.46. The predicted octanol–water partition coefficient (Wildman–Crippen LogP) is 2.96. The molecule has 1 amide bonds. The number of aliphatic carboxylic acids is 1. The van der Waals surface area contributed by atoms with Crippen molar-refractivity contribution in [3.8, 4) is 11.5 Å². The van der Waals surface area contributed by atoms with Gasteiger partial charge >= 0.3 is 5.97 Å². The van der Waals surface area contributed by atoms with Crippen molar-refractivity contribution in [2.45, 2.75) is 25.5 Å². The minimum absolute atomic E-state index is 0.238. The first-order chi connectivity index (χ1) is 12.6. The fourth-order valence-corrected chi connectivity index (χ4v) is 3.01. The molecule has 0 aliphatic carbocycles. The van der Waals surface area contributed by atoms with Gasteiger partial charge in [0.15, 0.2) is 0 Å². The number of benzene rings is 2. The van der Waals surface area contributed by atoms with E-state index in [2.05, 4.69) is 0 Å². The molecule has 6 nitrogen and oxygen atoms in total. The Morgan fingerprint density at radius 3 is 2.35 bits per heavy atom. The van der Waals surface area contributed by atoms with E-state index in [4.69, 9.17) is 9.47 Å². The highest BCUT2D eigenvalue weighted by molar-refractivity contribution is 5.97. The van der Waals surface area contributed by atoms with Gasteiger partial charge in [-0.25, -0.2) is 4.79 Å². The SMILES string of the molecule is COc1ccc(OCc2ccc(C(=O)N3CCCC3C(=O)O)cc2)cc1. The van der Waals surface area contributed by atoms with Crippen LogP contribution >= 0.6 is 0 Å². The van der Waals surface area contributed by atoms with Gasteiger partial charge in [-0.05, 0) is 54.8 Å². The van der Waals surface area contributed by atoms with Crippen molar-refractivity contribution >= 4 is 11.9 Å². The van der Waals surface area contributed by atoms with Crippen molar-refractivity contribution < 1.29 is 24.2 Å². The first-order valence-electron chi connectivity index (χ1n) is 8.48. The molecule has 0 saturated carbocycles. The number of rotatable bonds is 6. The Labute approximate surface area is 152 Å². The normalized spacial score (nSPS) is 16.3. The number of amides is 1. The summed E-state index contributed by atoms with van der Waals surface area (Å²) in [5.41, 5.74) is 1.42. The molecule has 1 aliphatic rings. The van der Waals surface area contributed by atoms with Crippen LogP contribution in [0, 0.1) is 0 Å². The molecule has 1 fully saturated rings. The van der Waals surface area contributed by atoms with Gasteiger partial charge in [0.25, 0.3) is 5.91 Å². The monoisotopic (exact) mass is 355 g/mol.